The molecule has 0 aromatic heterocycles. The highest BCUT2D eigenvalue weighted by molar-refractivity contribution is 8.13. The van der Waals surface area contributed by atoms with Gasteiger partial charge in [0.1, 0.15) is 0 Å². The van der Waals surface area contributed by atoms with E-state index in [-0.39, 0.29) is 5.78 Å². The summed E-state index contributed by atoms with van der Waals surface area (Å²) in [5, 5.41) is 11.5. The van der Waals surface area contributed by atoms with Gasteiger partial charge in [-0.2, -0.15) is 5.26 Å². The zero-order chi connectivity index (χ0) is 12.0. The van der Waals surface area contributed by atoms with E-state index >= 15 is 0 Å². The maximum Gasteiger partial charge on any atom is 0.183 e. The molecule has 0 saturated carbocycles. The molecule has 1 rings (SSSR count). The second-order valence-electron chi connectivity index (χ2n) is 2.96. The molecule has 0 spiro atoms. The molecule has 0 aliphatic carbocycles. The van der Waals surface area contributed by atoms with Crippen molar-refractivity contribution in [2.24, 2.45) is 4.99 Å². The van der Waals surface area contributed by atoms with E-state index in [1.54, 1.807) is 24.3 Å². The fourth-order valence-electron chi connectivity index (χ4n) is 1.06. The fourth-order valence-corrected chi connectivity index (χ4v) is 1.40. The summed E-state index contributed by atoms with van der Waals surface area (Å²) in [7, 11) is 0. The van der Waals surface area contributed by atoms with E-state index in [4.69, 9.17) is 5.26 Å². The molecule has 0 atom stereocenters. The molecule has 0 radical (unpaired) electrons. The second-order valence-corrected chi connectivity index (χ2v) is 3.76. The van der Waals surface area contributed by atoms with E-state index in [1.165, 1.54) is 18.7 Å². The van der Waals surface area contributed by atoms with E-state index in [9.17, 15) is 4.79 Å². The highest BCUT2D eigenvalue weighted by Gasteiger charge is 1.99. The number of Topliss-reactive ketones (excluding diaryl/α,β-unsaturated/α-hetero) is 1. The lowest BCUT2D eigenvalue weighted by molar-refractivity contribution is 0.101. The van der Waals surface area contributed by atoms with Gasteiger partial charge >= 0.3 is 0 Å². The van der Waals surface area contributed by atoms with Crippen LogP contribution in [0.15, 0.2) is 29.3 Å². The number of amidine groups is 1. The highest BCUT2D eigenvalue weighted by Crippen LogP contribution is 2.15. The average molecular weight is 233 g/mol. The van der Waals surface area contributed by atoms with Crippen LogP contribution < -0.4 is 5.32 Å². The van der Waals surface area contributed by atoms with E-state index in [0.717, 1.165) is 0 Å². The third kappa shape index (κ3) is 3.41. The van der Waals surface area contributed by atoms with E-state index in [1.807, 2.05) is 12.4 Å². The number of rotatable bonds is 2. The highest BCUT2D eigenvalue weighted by atomic mass is 32.2. The molecule has 0 fully saturated rings. The number of thioether (sulfide) groups is 1. The van der Waals surface area contributed by atoms with Crippen molar-refractivity contribution in [2.45, 2.75) is 6.92 Å². The van der Waals surface area contributed by atoms with Crippen molar-refractivity contribution in [2.75, 3.05) is 6.26 Å². The van der Waals surface area contributed by atoms with Gasteiger partial charge in [-0.25, -0.2) is 4.99 Å². The van der Waals surface area contributed by atoms with Gasteiger partial charge in [0.15, 0.2) is 17.1 Å². The number of nitrogens with one attached hydrogen (secondary N) is 1. The molecule has 1 aromatic rings. The van der Waals surface area contributed by atoms with Gasteiger partial charge in [-0.05, 0) is 37.4 Å². The smallest absolute Gasteiger partial charge is 0.183 e. The van der Waals surface area contributed by atoms with Gasteiger partial charge in [0.25, 0.3) is 0 Å². The molecule has 0 bridgehead atoms. The molecule has 0 aliphatic heterocycles. The normalized spacial score (nSPS) is 10.7. The lowest BCUT2D eigenvalue weighted by atomic mass is 10.1. The Balaban J connectivity index is 2.90. The van der Waals surface area contributed by atoms with Crippen molar-refractivity contribution in [1.82, 2.24) is 5.32 Å². The molecular formula is C11H11N3OS. The van der Waals surface area contributed by atoms with Gasteiger partial charge in [-0.3, -0.25) is 10.1 Å². The van der Waals surface area contributed by atoms with Crippen molar-refractivity contribution in [3.05, 3.63) is 29.8 Å². The van der Waals surface area contributed by atoms with Crippen molar-refractivity contribution in [1.29, 1.82) is 5.26 Å². The van der Waals surface area contributed by atoms with Crippen LogP contribution in [-0.4, -0.2) is 17.2 Å². The Morgan fingerprint density at radius 2 is 2.06 bits per heavy atom. The Bertz CT molecular complexity index is 445. The van der Waals surface area contributed by atoms with Crippen LogP contribution in [0.4, 0.5) is 5.69 Å². The van der Waals surface area contributed by atoms with Crippen LogP contribution in [0.3, 0.4) is 0 Å². The predicted molar refractivity (Wildman–Crippen MR) is 65.8 cm³/mol. The largest absolute Gasteiger partial charge is 0.295 e. The molecule has 0 saturated heterocycles. The number of hydrogen-bond acceptors (Lipinski definition) is 4. The molecule has 1 N–H and O–H groups in total. The Hall–Kier alpha value is -1.80. The molecule has 0 unspecified atom stereocenters. The summed E-state index contributed by atoms with van der Waals surface area (Å²) < 4.78 is 0. The maximum atomic E-state index is 11.0. The van der Waals surface area contributed by atoms with Crippen LogP contribution in [0, 0.1) is 11.5 Å². The molecule has 0 amide bonds. The topological polar surface area (TPSA) is 65.2 Å². The zero-order valence-electron chi connectivity index (χ0n) is 9.02. The van der Waals surface area contributed by atoms with Crippen LogP contribution in [-0.2, 0) is 0 Å². The number of carbonyl (C=O) groups excluding carboxylic acids is 1. The van der Waals surface area contributed by atoms with E-state index in [0.29, 0.717) is 16.4 Å². The number of nitrogens with zero attached hydrogens (tertiary/aromatic N) is 2. The summed E-state index contributed by atoms with van der Waals surface area (Å²) >= 11 is 1.35. The lowest BCUT2D eigenvalue weighted by Gasteiger charge is -2.00. The zero-order valence-corrected chi connectivity index (χ0v) is 9.84. The summed E-state index contributed by atoms with van der Waals surface area (Å²) in [6.45, 7) is 1.52. The Kier molecular flexibility index (Phi) is 4.55. The average Bonchev–Trinajstić information content (AvgIpc) is 2.29. The number of benzene rings is 1. The summed E-state index contributed by atoms with van der Waals surface area (Å²) in [4.78, 5) is 15.2. The minimum Gasteiger partial charge on any atom is -0.295 e. The van der Waals surface area contributed by atoms with Crippen LogP contribution in [0.2, 0.25) is 0 Å². The first kappa shape index (κ1) is 12.3. The van der Waals surface area contributed by atoms with Crippen molar-refractivity contribution in [3.8, 4) is 6.19 Å². The number of ketones is 1. The second kappa shape index (κ2) is 5.93. The lowest BCUT2D eigenvalue weighted by Crippen LogP contribution is -2.12. The third-order valence-corrected chi connectivity index (χ3v) is 2.44. The molecular weight excluding hydrogens is 222 g/mol. The minimum atomic E-state index is 0.0239. The standard InChI is InChI=1S/C11H11N3OS/c1-8(15)9-3-5-10(6-4-9)14-11(16-2)13-7-12/h3-6H,1-2H3,(H,13,14). The monoisotopic (exact) mass is 233 g/mol. The first-order chi connectivity index (χ1) is 7.67. The maximum absolute atomic E-state index is 11.0. The predicted octanol–water partition coefficient (Wildman–Crippen LogP) is 2.31. The number of carbonyl (C=O) groups is 1. The molecule has 5 heteroatoms. The van der Waals surface area contributed by atoms with E-state index in [2.05, 4.69) is 10.3 Å². The van der Waals surface area contributed by atoms with Crippen LogP contribution in [0.1, 0.15) is 17.3 Å². The Labute approximate surface area is 98.4 Å². The quantitative estimate of drug-likeness (QED) is 0.280. The number of hydrogen-bond donors (Lipinski definition) is 1. The van der Waals surface area contributed by atoms with Gasteiger partial charge in [-0.15, -0.1) is 0 Å². The third-order valence-electron chi connectivity index (χ3n) is 1.86. The molecule has 4 nitrogen and oxygen atoms in total. The fraction of sp³-hybridized carbons (Fsp3) is 0.182. The Morgan fingerprint density at radius 3 is 2.50 bits per heavy atom. The molecule has 0 aliphatic rings. The number of nitriles is 1. The minimum absolute atomic E-state index is 0.0239. The number of aliphatic imine (C=N–C) groups is 1. The van der Waals surface area contributed by atoms with Gasteiger partial charge in [-0.1, -0.05) is 11.8 Å². The summed E-state index contributed by atoms with van der Waals surface area (Å²) in [6.07, 6.45) is 3.64. The first-order valence-electron chi connectivity index (χ1n) is 4.56. The Morgan fingerprint density at radius 1 is 1.44 bits per heavy atom. The molecule has 16 heavy (non-hydrogen) atoms. The summed E-state index contributed by atoms with van der Waals surface area (Å²) in [5.41, 5.74) is 1.36. The van der Waals surface area contributed by atoms with Gasteiger partial charge in [0.05, 0.1) is 5.69 Å². The van der Waals surface area contributed by atoms with Gasteiger partial charge < -0.3 is 0 Å². The van der Waals surface area contributed by atoms with Gasteiger partial charge in [0.2, 0.25) is 0 Å². The SMILES string of the molecule is CSC(=Nc1ccc(C(C)=O)cc1)NC#N. The van der Waals surface area contributed by atoms with Crippen LogP contribution in [0.25, 0.3) is 0 Å². The van der Waals surface area contributed by atoms with Crippen LogP contribution >= 0.6 is 11.8 Å². The summed E-state index contributed by atoms with van der Waals surface area (Å²) in [6, 6.07) is 6.91. The van der Waals surface area contributed by atoms with Crippen molar-refractivity contribution < 1.29 is 4.79 Å². The molecule has 0 heterocycles. The van der Waals surface area contributed by atoms with Crippen molar-refractivity contribution >= 4 is 28.4 Å². The first-order valence-corrected chi connectivity index (χ1v) is 5.78. The summed E-state index contributed by atoms with van der Waals surface area (Å²) in [5.74, 6) is 0.0239. The van der Waals surface area contributed by atoms with Crippen LogP contribution in [0.5, 0.6) is 0 Å². The van der Waals surface area contributed by atoms with E-state index < -0.39 is 0 Å². The van der Waals surface area contributed by atoms with Gasteiger partial charge in [0, 0.05) is 5.56 Å². The molecule has 1 aromatic carbocycles. The molecule has 82 valence electrons. The van der Waals surface area contributed by atoms with Crippen molar-refractivity contribution in [3.63, 3.8) is 0 Å².